The van der Waals surface area contributed by atoms with Gasteiger partial charge in [0.1, 0.15) is 5.01 Å². The second-order valence-electron chi connectivity index (χ2n) is 7.90. The smallest absolute Gasteiger partial charge is 0.307 e. The molecule has 1 aromatic heterocycles. The Labute approximate surface area is 175 Å². The topological polar surface area (TPSA) is 88.2 Å². The Morgan fingerprint density at radius 2 is 1.79 bits per heavy atom. The first-order valence-electron chi connectivity index (χ1n) is 9.96. The second kappa shape index (κ2) is 7.91. The lowest BCUT2D eigenvalue weighted by atomic mass is 9.99. The molecule has 0 bridgehead atoms. The summed E-state index contributed by atoms with van der Waals surface area (Å²) in [7, 11) is -3.91. The molecular weight excluding hydrogens is 406 g/mol. The molecule has 2 N–H and O–H groups in total. The van der Waals surface area contributed by atoms with E-state index in [9.17, 15) is 13.2 Å². The Morgan fingerprint density at radius 3 is 2.38 bits per heavy atom. The first kappa shape index (κ1) is 20.1. The third-order valence-electron chi connectivity index (χ3n) is 5.47. The summed E-state index contributed by atoms with van der Waals surface area (Å²) >= 11 is 1.38. The summed E-state index contributed by atoms with van der Waals surface area (Å²) in [6.45, 7) is 4.06. The molecule has 2 aromatic rings. The molecule has 0 fully saturated rings. The van der Waals surface area contributed by atoms with Gasteiger partial charge in [0.25, 0.3) is 10.0 Å². The van der Waals surface area contributed by atoms with Crippen molar-refractivity contribution in [3.8, 4) is 0 Å². The van der Waals surface area contributed by atoms with Gasteiger partial charge in [0.05, 0.1) is 11.1 Å². The molecule has 8 heteroatoms. The molecule has 29 heavy (non-hydrogen) atoms. The van der Waals surface area contributed by atoms with Crippen molar-refractivity contribution >= 4 is 39.2 Å². The van der Waals surface area contributed by atoms with Gasteiger partial charge in [0.15, 0.2) is 0 Å². The number of aromatic nitrogens is 1. The van der Waals surface area contributed by atoms with Crippen LogP contribution in [0.2, 0.25) is 0 Å². The van der Waals surface area contributed by atoms with Gasteiger partial charge < -0.3 is 5.32 Å². The average Bonchev–Trinajstić information content (AvgIpc) is 3.39. The van der Waals surface area contributed by atoms with Crippen LogP contribution in [0.15, 0.2) is 16.9 Å². The van der Waals surface area contributed by atoms with Gasteiger partial charge in [-0.3, -0.25) is 0 Å². The van der Waals surface area contributed by atoms with E-state index in [0.29, 0.717) is 5.01 Å². The number of hydrogen-bond acceptors (Lipinski definition) is 5. The average molecular weight is 432 g/mol. The van der Waals surface area contributed by atoms with Gasteiger partial charge in [-0.1, -0.05) is 19.9 Å². The summed E-state index contributed by atoms with van der Waals surface area (Å²) in [4.78, 5) is 16.9. The van der Waals surface area contributed by atoms with Crippen molar-refractivity contribution in [3.05, 3.63) is 49.8 Å². The Hall–Kier alpha value is -2.19. The summed E-state index contributed by atoms with van der Waals surface area (Å²) in [5.74, 6) is 0.281. The van der Waals surface area contributed by atoms with Crippen LogP contribution in [-0.2, 0) is 35.7 Å². The lowest BCUT2D eigenvalue weighted by Gasteiger charge is -2.16. The van der Waals surface area contributed by atoms with E-state index >= 15 is 0 Å². The highest BCUT2D eigenvalue weighted by molar-refractivity contribution is 7.93. The monoisotopic (exact) mass is 431 g/mol. The number of fused-ring (bicyclic) bond motifs is 2. The van der Waals surface area contributed by atoms with E-state index in [1.165, 1.54) is 28.5 Å². The largest absolute Gasteiger partial charge is 0.333 e. The number of thiazole rings is 1. The summed E-state index contributed by atoms with van der Waals surface area (Å²) in [5, 5.41) is 6.34. The van der Waals surface area contributed by atoms with Crippen LogP contribution in [-0.4, -0.2) is 19.4 Å². The van der Waals surface area contributed by atoms with Crippen LogP contribution in [0.25, 0.3) is 6.08 Å². The zero-order chi connectivity index (χ0) is 20.6. The van der Waals surface area contributed by atoms with E-state index in [1.807, 2.05) is 19.2 Å². The number of hydrogen-bond donors (Lipinski definition) is 2. The van der Waals surface area contributed by atoms with Crippen LogP contribution in [0.1, 0.15) is 65.6 Å². The van der Waals surface area contributed by atoms with Gasteiger partial charge >= 0.3 is 6.03 Å². The quantitative estimate of drug-likeness (QED) is 0.736. The van der Waals surface area contributed by atoms with Crippen molar-refractivity contribution in [2.24, 2.45) is 0 Å². The van der Waals surface area contributed by atoms with Gasteiger partial charge in [0.2, 0.25) is 0 Å². The minimum atomic E-state index is -3.91. The van der Waals surface area contributed by atoms with E-state index in [-0.39, 0.29) is 5.92 Å². The maximum absolute atomic E-state index is 12.5. The maximum Gasteiger partial charge on any atom is 0.333 e. The Kier molecular flexibility index (Phi) is 5.48. The third kappa shape index (κ3) is 4.38. The van der Waals surface area contributed by atoms with Crippen molar-refractivity contribution in [1.82, 2.24) is 9.71 Å². The van der Waals surface area contributed by atoms with E-state index in [4.69, 9.17) is 0 Å². The van der Waals surface area contributed by atoms with Crippen molar-refractivity contribution in [2.45, 2.75) is 58.3 Å². The van der Waals surface area contributed by atoms with Gasteiger partial charge in [0, 0.05) is 11.1 Å². The molecule has 2 amide bonds. The fourth-order valence-corrected chi connectivity index (χ4v) is 5.70. The molecule has 6 nitrogen and oxygen atoms in total. The number of carbonyl (C=O) groups excluding carboxylic acids is 1. The van der Waals surface area contributed by atoms with Crippen LogP contribution < -0.4 is 10.0 Å². The fraction of sp³-hybridized carbons (Fsp3) is 0.429. The maximum atomic E-state index is 12.5. The number of anilines is 1. The van der Waals surface area contributed by atoms with Crippen molar-refractivity contribution in [1.29, 1.82) is 0 Å². The molecule has 2 aliphatic carbocycles. The third-order valence-corrected chi connectivity index (χ3v) is 7.26. The van der Waals surface area contributed by atoms with E-state index < -0.39 is 16.1 Å². The first-order chi connectivity index (χ1) is 13.8. The Bertz CT molecular complexity index is 1050. The van der Waals surface area contributed by atoms with Crippen molar-refractivity contribution < 1.29 is 13.2 Å². The zero-order valence-corrected chi connectivity index (χ0v) is 18.3. The predicted molar refractivity (Wildman–Crippen MR) is 117 cm³/mol. The highest BCUT2D eigenvalue weighted by Crippen LogP contribution is 2.38. The number of amides is 2. The minimum absolute atomic E-state index is 0.281. The molecule has 0 atom stereocenters. The fourth-order valence-electron chi connectivity index (χ4n) is 4.06. The van der Waals surface area contributed by atoms with Crippen LogP contribution in [0.4, 0.5) is 10.5 Å². The molecule has 154 valence electrons. The van der Waals surface area contributed by atoms with Gasteiger partial charge in [-0.05, 0) is 72.8 Å². The molecule has 1 heterocycles. The second-order valence-corrected chi connectivity index (χ2v) is 10.4. The Morgan fingerprint density at radius 1 is 1.14 bits per heavy atom. The molecule has 0 saturated carbocycles. The van der Waals surface area contributed by atoms with Gasteiger partial charge in [-0.15, -0.1) is 11.3 Å². The predicted octanol–water partition coefficient (Wildman–Crippen LogP) is 4.37. The number of rotatable bonds is 5. The van der Waals surface area contributed by atoms with Crippen LogP contribution in [0.5, 0.6) is 0 Å². The van der Waals surface area contributed by atoms with E-state index in [2.05, 4.69) is 21.1 Å². The standard InChI is InChI=1S/C21H25N3O3S2/c1-13(2)18-12-28-19(22-18)9-10-29(26,27)24-21(25)23-20-16-7-3-5-14(16)11-15-6-4-8-17(15)20/h9-13H,3-8H2,1-2H3,(H2,23,24,25)/b10-9+. The molecule has 1 aromatic carbocycles. The number of benzene rings is 1. The van der Waals surface area contributed by atoms with Crippen molar-refractivity contribution in [2.75, 3.05) is 5.32 Å². The molecule has 4 rings (SSSR count). The highest BCUT2D eigenvalue weighted by atomic mass is 32.2. The number of urea groups is 1. The number of carbonyl (C=O) groups is 1. The number of sulfonamides is 1. The molecule has 0 radical (unpaired) electrons. The Balaban J connectivity index is 1.48. The normalized spacial score (nSPS) is 15.7. The van der Waals surface area contributed by atoms with Crippen LogP contribution in [0, 0.1) is 0 Å². The minimum Gasteiger partial charge on any atom is -0.307 e. The first-order valence-corrected chi connectivity index (χ1v) is 12.4. The molecule has 0 spiro atoms. The lowest BCUT2D eigenvalue weighted by Crippen LogP contribution is -2.33. The highest BCUT2D eigenvalue weighted by Gasteiger charge is 2.25. The summed E-state index contributed by atoms with van der Waals surface area (Å²) in [6, 6.07) is 1.55. The molecule has 0 unspecified atom stereocenters. The summed E-state index contributed by atoms with van der Waals surface area (Å²) < 4.78 is 26.8. The SMILES string of the molecule is CC(C)c1csc(/C=C/S(=O)(=O)NC(=O)Nc2c3c(cc4c2CCC4)CCC3)n1. The zero-order valence-electron chi connectivity index (χ0n) is 16.6. The summed E-state index contributed by atoms with van der Waals surface area (Å²) in [6.07, 6.45) is 7.45. The van der Waals surface area contributed by atoms with Crippen LogP contribution in [0.3, 0.4) is 0 Å². The number of nitrogens with one attached hydrogen (secondary N) is 2. The molecule has 0 saturated heterocycles. The number of aryl methyl sites for hydroxylation is 2. The molecule has 0 aliphatic heterocycles. The van der Waals surface area contributed by atoms with E-state index in [0.717, 1.165) is 66.4 Å². The summed E-state index contributed by atoms with van der Waals surface area (Å²) in [5.41, 5.74) is 6.65. The van der Waals surface area contributed by atoms with Gasteiger partial charge in [-0.2, -0.15) is 0 Å². The van der Waals surface area contributed by atoms with Crippen molar-refractivity contribution in [3.63, 3.8) is 0 Å². The molecule has 2 aliphatic rings. The molecular formula is C21H25N3O3S2. The van der Waals surface area contributed by atoms with Gasteiger partial charge in [-0.25, -0.2) is 22.9 Å². The number of nitrogens with zero attached hydrogens (tertiary/aromatic N) is 1. The lowest BCUT2D eigenvalue weighted by molar-refractivity contribution is 0.256. The van der Waals surface area contributed by atoms with Crippen LogP contribution >= 0.6 is 11.3 Å². The van der Waals surface area contributed by atoms with E-state index in [1.54, 1.807) is 0 Å².